The number of benzene rings is 3. The van der Waals surface area contributed by atoms with Crippen molar-refractivity contribution in [2.75, 3.05) is 6.54 Å². The normalized spacial score (nSPS) is 12.0. The van der Waals surface area contributed by atoms with Crippen LogP contribution in [0, 0.1) is 11.7 Å². The van der Waals surface area contributed by atoms with Crippen molar-refractivity contribution in [1.29, 1.82) is 0 Å². The number of nitrogens with zero attached hydrogens (tertiary/aromatic N) is 1. The second kappa shape index (κ2) is 10.5. The second-order valence-corrected chi connectivity index (χ2v) is 9.82. The van der Waals surface area contributed by atoms with Crippen LogP contribution in [0.1, 0.15) is 35.3 Å². The van der Waals surface area contributed by atoms with Crippen LogP contribution in [0.5, 0.6) is 5.75 Å². The number of hydrogen-bond acceptors (Lipinski definition) is 4. The van der Waals surface area contributed by atoms with Gasteiger partial charge in [0.05, 0.1) is 11.1 Å². The molecule has 0 saturated carbocycles. The minimum atomic E-state index is -4.71. The van der Waals surface area contributed by atoms with E-state index in [-0.39, 0.29) is 23.8 Å². The van der Waals surface area contributed by atoms with E-state index in [0.29, 0.717) is 18.2 Å². The van der Waals surface area contributed by atoms with E-state index >= 15 is 0 Å². The Morgan fingerprint density at radius 2 is 1.66 bits per heavy atom. The van der Waals surface area contributed by atoms with Crippen molar-refractivity contribution in [3.05, 3.63) is 95.3 Å². The van der Waals surface area contributed by atoms with E-state index in [0.717, 1.165) is 18.2 Å². The summed E-state index contributed by atoms with van der Waals surface area (Å²) in [7, 11) is -4.56. The molecule has 3 aromatic rings. The van der Waals surface area contributed by atoms with Crippen LogP contribution < -0.4 is 4.18 Å². The number of amides is 1. The van der Waals surface area contributed by atoms with E-state index in [1.54, 1.807) is 12.1 Å². The van der Waals surface area contributed by atoms with Crippen LogP contribution in [-0.2, 0) is 22.8 Å². The third-order valence-corrected chi connectivity index (χ3v) is 6.15. The largest absolute Gasteiger partial charge is 0.416 e. The van der Waals surface area contributed by atoms with Gasteiger partial charge in [0, 0.05) is 13.1 Å². The van der Waals surface area contributed by atoms with E-state index in [1.165, 1.54) is 41.3 Å². The number of halogens is 4. The van der Waals surface area contributed by atoms with Gasteiger partial charge in [0.1, 0.15) is 16.5 Å². The van der Waals surface area contributed by atoms with Crippen LogP contribution in [-0.4, -0.2) is 25.8 Å². The summed E-state index contributed by atoms with van der Waals surface area (Å²) in [4.78, 5) is 13.8. The highest BCUT2D eigenvalue weighted by Gasteiger charge is 2.32. The van der Waals surface area contributed by atoms with Gasteiger partial charge in [-0.2, -0.15) is 21.6 Å². The third-order valence-electron chi connectivity index (χ3n) is 4.90. The molecule has 1 amide bonds. The highest BCUT2D eigenvalue weighted by molar-refractivity contribution is 7.87. The topological polar surface area (TPSA) is 63.7 Å². The van der Waals surface area contributed by atoms with Crippen molar-refractivity contribution in [3.8, 4) is 5.75 Å². The van der Waals surface area contributed by atoms with Gasteiger partial charge in [0.15, 0.2) is 0 Å². The van der Waals surface area contributed by atoms with Gasteiger partial charge < -0.3 is 9.08 Å². The Kier molecular flexibility index (Phi) is 7.84. The summed E-state index contributed by atoms with van der Waals surface area (Å²) in [5.41, 5.74) is -0.716. The maximum Gasteiger partial charge on any atom is 0.416 e. The third kappa shape index (κ3) is 6.82. The van der Waals surface area contributed by atoms with Crippen molar-refractivity contribution in [1.82, 2.24) is 4.90 Å². The lowest BCUT2D eigenvalue weighted by Gasteiger charge is -2.25. The van der Waals surface area contributed by atoms with Gasteiger partial charge >= 0.3 is 16.3 Å². The van der Waals surface area contributed by atoms with Crippen molar-refractivity contribution in [2.24, 2.45) is 5.92 Å². The van der Waals surface area contributed by atoms with Gasteiger partial charge in [-0.15, -0.1) is 0 Å². The zero-order valence-electron chi connectivity index (χ0n) is 18.9. The van der Waals surface area contributed by atoms with Crippen LogP contribution in [0.2, 0.25) is 0 Å². The first-order valence-corrected chi connectivity index (χ1v) is 12.0. The van der Waals surface area contributed by atoms with Gasteiger partial charge in [-0.05, 0) is 53.9 Å². The number of rotatable bonds is 8. The molecule has 0 unspecified atom stereocenters. The zero-order valence-corrected chi connectivity index (χ0v) is 19.7. The second-order valence-electron chi connectivity index (χ2n) is 8.27. The van der Waals surface area contributed by atoms with Crippen LogP contribution in [0.25, 0.3) is 0 Å². The molecule has 3 rings (SSSR count). The maximum atomic E-state index is 14.2. The van der Waals surface area contributed by atoms with Crippen LogP contribution >= 0.6 is 0 Å². The van der Waals surface area contributed by atoms with E-state index in [2.05, 4.69) is 0 Å². The molecule has 0 bridgehead atoms. The van der Waals surface area contributed by atoms with Gasteiger partial charge in [-0.1, -0.05) is 44.2 Å². The number of carbonyl (C=O) groups excluding carboxylic acids is 1. The summed E-state index contributed by atoms with van der Waals surface area (Å²) >= 11 is 0. The molecule has 0 spiro atoms. The first-order valence-electron chi connectivity index (χ1n) is 10.6. The molecule has 0 fully saturated rings. The molecule has 0 aliphatic heterocycles. The highest BCUT2D eigenvalue weighted by atomic mass is 32.2. The van der Waals surface area contributed by atoms with E-state index < -0.39 is 38.5 Å². The fraction of sp³-hybridized carbons (Fsp3) is 0.240. The van der Waals surface area contributed by atoms with Crippen molar-refractivity contribution in [2.45, 2.75) is 31.5 Å². The molecule has 0 aliphatic carbocycles. The minimum Gasteiger partial charge on any atom is -0.379 e. The summed E-state index contributed by atoms with van der Waals surface area (Å²) in [5, 5.41) is 0. The molecule has 0 radical (unpaired) electrons. The summed E-state index contributed by atoms with van der Waals surface area (Å²) in [6, 6.07) is 14.7. The number of hydrogen-bond donors (Lipinski definition) is 0. The quantitative estimate of drug-likeness (QED) is 0.280. The molecule has 35 heavy (non-hydrogen) atoms. The summed E-state index contributed by atoms with van der Waals surface area (Å²) < 4.78 is 83.3. The molecule has 5 nitrogen and oxygen atoms in total. The number of alkyl halides is 3. The Bertz CT molecular complexity index is 1310. The van der Waals surface area contributed by atoms with E-state index in [1.807, 2.05) is 13.8 Å². The predicted molar refractivity (Wildman–Crippen MR) is 122 cm³/mol. The van der Waals surface area contributed by atoms with E-state index in [4.69, 9.17) is 4.18 Å². The number of carbonyl (C=O) groups is 1. The fourth-order valence-electron chi connectivity index (χ4n) is 3.38. The Morgan fingerprint density at radius 1 is 0.971 bits per heavy atom. The summed E-state index contributed by atoms with van der Waals surface area (Å²) in [6.45, 7) is 4.12. The lowest BCUT2D eigenvalue weighted by Crippen LogP contribution is -2.34. The molecule has 186 valence electrons. The van der Waals surface area contributed by atoms with Crippen molar-refractivity contribution < 1.29 is 35.0 Å². The van der Waals surface area contributed by atoms with Crippen LogP contribution in [0.4, 0.5) is 17.6 Å². The standard InChI is InChI=1S/C25H23F4NO4S/c1-17(2)15-30(24(31)22-11-3-4-12-23(22)26)16-18-7-5-9-20(13-18)34-35(32,33)21-10-6-8-19(14-21)25(27,28)29/h3-14,17H,15-16H2,1-2H3. The first-order chi connectivity index (χ1) is 16.4. The van der Waals surface area contributed by atoms with Crippen LogP contribution in [0.15, 0.2) is 77.7 Å². The molecular formula is C25H23F4NO4S. The molecule has 0 aromatic heterocycles. The SMILES string of the molecule is CC(C)CN(Cc1cccc(OS(=O)(=O)c2cccc(C(F)(F)F)c2)c1)C(=O)c1ccccc1F. The maximum absolute atomic E-state index is 14.2. The molecule has 10 heteroatoms. The first kappa shape index (κ1) is 26.2. The predicted octanol–water partition coefficient (Wildman–Crippen LogP) is 5.91. The van der Waals surface area contributed by atoms with E-state index in [9.17, 15) is 30.8 Å². The lowest BCUT2D eigenvalue weighted by molar-refractivity contribution is -0.137. The lowest BCUT2D eigenvalue weighted by atomic mass is 10.1. The van der Waals surface area contributed by atoms with Gasteiger partial charge in [0.25, 0.3) is 5.91 Å². The average Bonchev–Trinajstić information content (AvgIpc) is 2.78. The Balaban J connectivity index is 1.84. The molecular weight excluding hydrogens is 486 g/mol. The minimum absolute atomic E-state index is 0.0339. The van der Waals surface area contributed by atoms with Crippen molar-refractivity contribution >= 4 is 16.0 Å². The molecule has 0 atom stereocenters. The molecule has 0 saturated heterocycles. The average molecular weight is 510 g/mol. The smallest absolute Gasteiger partial charge is 0.379 e. The summed E-state index contributed by atoms with van der Waals surface area (Å²) in [5.74, 6) is -1.26. The summed E-state index contributed by atoms with van der Waals surface area (Å²) in [6.07, 6.45) is -4.71. The van der Waals surface area contributed by atoms with Crippen molar-refractivity contribution in [3.63, 3.8) is 0 Å². The highest BCUT2D eigenvalue weighted by Crippen LogP contribution is 2.31. The molecule has 3 aromatic carbocycles. The van der Waals surface area contributed by atoms with Gasteiger partial charge in [0.2, 0.25) is 0 Å². The molecule has 0 N–H and O–H groups in total. The zero-order chi connectivity index (χ0) is 25.8. The fourth-order valence-corrected chi connectivity index (χ4v) is 4.35. The van der Waals surface area contributed by atoms with Gasteiger partial charge in [-0.25, -0.2) is 4.39 Å². The Hall–Kier alpha value is -3.40. The van der Waals surface area contributed by atoms with Crippen LogP contribution in [0.3, 0.4) is 0 Å². The Morgan fingerprint density at radius 3 is 2.31 bits per heavy atom. The molecule has 0 aliphatic rings. The molecule has 0 heterocycles. The van der Waals surface area contributed by atoms with Gasteiger partial charge in [-0.3, -0.25) is 4.79 Å². The monoisotopic (exact) mass is 509 g/mol. The Labute approximate surface area is 201 Å².